The Hall–Kier alpha value is -2.32. The monoisotopic (exact) mass is 313 g/mol. The van der Waals surface area contributed by atoms with Gasteiger partial charge in [-0.15, -0.1) is 0 Å². The summed E-state index contributed by atoms with van der Waals surface area (Å²) in [5, 5.41) is 3.87. The summed E-state index contributed by atoms with van der Waals surface area (Å²) in [6.45, 7) is 4.33. The molecule has 1 nitrogen and oxygen atoms in total. The highest BCUT2D eigenvalue weighted by molar-refractivity contribution is 7.99. The molecule has 4 aromatic rings. The van der Waals surface area contributed by atoms with Gasteiger partial charge in [-0.05, 0) is 54.6 Å². The fraction of sp³-hybridized carbons (Fsp3) is 0.0952. The van der Waals surface area contributed by atoms with Crippen molar-refractivity contribution in [2.24, 2.45) is 0 Å². The SMILES string of the molecule is Cc1cc2nc3c4c(cccc4c2cc1C)Sc1ccccc1-3. The van der Waals surface area contributed by atoms with Gasteiger partial charge in [-0.25, -0.2) is 4.98 Å². The van der Waals surface area contributed by atoms with E-state index in [9.17, 15) is 0 Å². The van der Waals surface area contributed by atoms with Crippen molar-refractivity contribution in [3.8, 4) is 11.3 Å². The van der Waals surface area contributed by atoms with Gasteiger partial charge in [0.15, 0.2) is 0 Å². The van der Waals surface area contributed by atoms with Crippen LogP contribution in [0.25, 0.3) is 32.9 Å². The van der Waals surface area contributed by atoms with Crippen LogP contribution in [0.3, 0.4) is 0 Å². The molecule has 0 bridgehead atoms. The van der Waals surface area contributed by atoms with Crippen LogP contribution in [0.2, 0.25) is 0 Å². The smallest absolute Gasteiger partial charge is 0.0810 e. The molecule has 1 aromatic heterocycles. The van der Waals surface area contributed by atoms with Crippen LogP contribution in [0.4, 0.5) is 0 Å². The van der Waals surface area contributed by atoms with Gasteiger partial charge in [0.05, 0.1) is 11.2 Å². The highest BCUT2D eigenvalue weighted by atomic mass is 32.2. The zero-order valence-electron chi connectivity index (χ0n) is 13.1. The van der Waals surface area contributed by atoms with Gasteiger partial charge in [0.1, 0.15) is 0 Å². The Balaban J connectivity index is 2.04. The summed E-state index contributed by atoms with van der Waals surface area (Å²) in [4.78, 5) is 7.67. The Morgan fingerprint density at radius 2 is 1.57 bits per heavy atom. The van der Waals surface area contributed by atoms with Crippen LogP contribution < -0.4 is 0 Å². The molecule has 1 aliphatic rings. The van der Waals surface area contributed by atoms with Crippen molar-refractivity contribution < 1.29 is 0 Å². The van der Waals surface area contributed by atoms with Gasteiger partial charge in [0, 0.05) is 26.1 Å². The lowest BCUT2D eigenvalue weighted by atomic mass is 9.97. The second kappa shape index (κ2) is 4.59. The molecule has 0 radical (unpaired) electrons. The summed E-state index contributed by atoms with van der Waals surface area (Å²) in [5.74, 6) is 0. The predicted octanol–water partition coefficient (Wildman–Crippen LogP) is 6.14. The van der Waals surface area contributed by atoms with Crippen molar-refractivity contribution >= 4 is 33.4 Å². The van der Waals surface area contributed by atoms with Gasteiger partial charge in [-0.2, -0.15) is 0 Å². The van der Waals surface area contributed by atoms with Gasteiger partial charge in [0.25, 0.3) is 0 Å². The molecule has 2 heterocycles. The first-order valence-electron chi connectivity index (χ1n) is 7.83. The zero-order chi connectivity index (χ0) is 15.6. The molecule has 0 unspecified atom stereocenters. The highest BCUT2D eigenvalue weighted by Crippen LogP contribution is 2.48. The van der Waals surface area contributed by atoms with Crippen LogP contribution in [0, 0.1) is 13.8 Å². The molecule has 2 heteroatoms. The molecular weight excluding hydrogens is 298 g/mol. The second-order valence-electron chi connectivity index (χ2n) is 6.19. The summed E-state index contributed by atoms with van der Waals surface area (Å²) in [6, 6.07) is 19.7. The number of hydrogen-bond donors (Lipinski definition) is 0. The van der Waals surface area contributed by atoms with Gasteiger partial charge in [0.2, 0.25) is 0 Å². The van der Waals surface area contributed by atoms with Crippen molar-refractivity contribution in [2.45, 2.75) is 23.6 Å². The van der Waals surface area contributed by atoms with Crippen LogP contribution in [0.5, 0.6) is 0 Å². The van der Waals surface area contributed by atoms with E-state index >= 15 is 0 Å². The number of fused-ring (bicyclic) bond motifs is 4. The number of benzene rings is 3. The van der Waals surface area contributed by atoms with Crippen LogP contribution in [0.15, 0.2) is 64.4 Å². The van der Waals surface area contributed by atoms with Gasteiger partial charge >= 0.3 is 0 Å². The fourth-order valence-corrected chi connectivity index (χ4v) is 4.55. The fourth-order valence-electron chi connectivity index (χ4n) is 3.44. The van der Waals surface area contributed by atoms with Crippen molar-refractivity contribution in [1.82, 2.24) is 4.98 Å². The molecule has 0 saturated heterocycles. The summed E-state index contributed by atoms with van der Waals surface area (Å²) >= 11 is 1.85. The Labute approximate surface area is 139 Å². The van der Waals surface area contributed by atoms with Crippen LogP contribution >= 0.6 is 11.8 Å². The molecular formula is C21H15NS. The number of aryl methyl sites for hydroxylation is 2. The van der Waals surface area contributed by atoms with Crippen LogP contribution in [-0.4, -0.2) is 4.98 Å². The van der Waals surface area contributed by atoms with E-state index in [1.807, 2.05) is 11.8 Å². The maximum Gasteiger partial charge on any atom is 0.0810 e. The predicted molar refractivity (Wildman–Crippen MR) is 98.3 cm³/mol. The van der Waals surface area contributed by atoms with E-state index < -0.39 is 0 Å². The Bertz CT molecular complexity index is 1110. The number of aromatic nitrogens is 1. The number of rotatable bonds is 0. The van der Waals surface area contributed by atoms with Crippen LogP contribution in [-0.2, 0) is 0 Å². The third-order valence-corrected chi connectivity index (χ3v) is 5.90. The van der Waals surface area contributed by atoms with Gasteiger partial charge in [-0.3, -0.25) is 0 Å². The molecule has 110 valence electrons. The molecule has 0 amide bonds. The molecule has 0 N–H and O–H groups in total. The lowest BCUT2D eigenvalue weighted by Crippen LogP contribution is -1.97. The van der Waals surface area contributed by atoms with Crippen molar-refractivity contribution in [3.63, 3.8) is 0 Å². The number of hydrogen-bond acceptors (Lipinski definition) is 2. The lowest BCUT2D eigenvalue weighted by molar-refractivity contribution is 1.30. The zero-order valence-corrected chi connectivity index (χ0v) is 13.9. The first kappa shape index (κ1) is 13.1. The average Bonchev–Trinajstić information content (AvgIpc) is 2.57. The second-order valence-corrected chi connectivity index (χ2v) is 7.27. The molecule has 3 aromatic carbocycles. The summed E-state index contributed by atoms with van der Waals surface area (Å²) < 4.78 is 0. The summed E-state index contributed by atoms with van der Waals surface area (Å²) in [6.07, 6.45) is 0. The molecule has 23 heavy (non-hydrogen) atoms. The Morgan fingerprint density at radius 1 is 0.783 bits per heavy atom. The van der Waals surface area contributed by atoms with Gasteiger partial charge in [-0.1, -0.05) is 42.1 Å². The van der Waals surface area contributed by atoms with Crippen LogP contribution in [0.1, 0.15) is 11.1 Å². The van der Waals surface area contributed by atoms with E-state index in [2.05, 4.69) is 68.4 Å². The first-order valence-corrected chi connectivity index (χ1v) is 8.65. The van der Waals surface area contributed by atoms with E-state index in [1.54, 1.807) is 0 Å². The van der Waals surface area contributed by atoms with E-state index in [-0.39, 0.29) is 0 Å². The Kier molecular flexibility index (Phi) is 2.62. The average molecular weight is 313 g/mol. The van der Waals surface area contributed by atoms with E-state index in [0.29, 0.717) is 0 Å². The van der Waals surface area contributed by atoms with Crippen molar-refractivity contribution in [1.29, 1.82) is 0 Å². The summed E-state index contributed by atoms with van der Waals surface area (Å²) in [7, 11) is 0. The topological polar surface area (TPSA) is 12.9 Å². The standard InChI is InChI=1S/C21H15NS/c1-12-10-16-14-7-5-9-19-20(14)21(22-17(16)11-13(12)2)15-6-3-4-8-18(15)23-19/h3-11H,1-2H3. The number of pyridine rings is 1. The van der Waals surface area contributed by atoms with E-state index in [0.717, 1.165) is 11.2 Å². The molecule has 5 rings (SSSR count). The molecule has 0 atom stereocenters. The third kappa shape index (κ3) is 1.79. The minimum Gasteiger partial charge on any atom is -0.247 e. The molecule has 0 saturated carbocycles. The van der Waals surface area contributed by atoms with E-state index in [1.165, 1.54) is 42.6 Å². The van der Waals surface area contributed by atoms with Crippen molar-refractivity contribution in [2.75, 3.05) is 0 Å². The van der Waals surface area contributed by atoms with Gasteiger partial charge < -0.3 is 0 Å². The molecule has 0 fully saturated rings. The minimum atomic E-state index is 1.09. The lowest BCUT2D eigenvalue weighted by Gasteiger charge is -2.20. The maximum absolute atomic E-state index is 5.06. The minimum absolute atomic E-state index is 1.09. The normalized spacial score (nSPS) is 12.6. The van der Waals surface area contributed by atoms with Crippen molar-refractivity contribution in [3.05, 3.63) is 65.7 Å². The number of nitrogens with zero attached hydrogens (tertiary/aromatic N) is 1. The molecule has 0 aliphatic carbocycles. The quantitative estimate of drug-likeness (QED) is 0.319. The summed E-state index contributed by atoms with van der Waals surface area (Å²) in [5.41, 5.74) is 6.09. The molecule has 0 spiro atoms. The third-order valence-electron chi connectivity index (χ3n) is 4.76. The highest BCUT2D eigenvalue weighted by Gasteiger charge is 2.21. The van der Waals surface area contributed by atoms with E-state index in [4.69, 9.17) is 4.98 Å². The first-order chi connectivity index (χ1) is 11.2. The largest absolute Gasteiger partial charge is 0.247 e. The maximum atomic E-state index is 5.06. The Morgan fingerprint density at radius 3 is 2.48 bits per heavy atom. The molecule has 1 aliphatic heterocycles.